The molecular weight excluding hydrogens is 753 g/mol. The van der Waals surface area contributed by atoms with Gasteiger partial charge in [-0.25, -0.2) is 4.98 Å². The monoisotopic (exact) mass is 788 g/mol. The van der Waals surface area contributed by atoms with Crippen LogP contribution in [0.5, 0.6) is 0 Å². The Morgan fingerprint density at radius 2 is 1.10 bits per heavy atom. The number of thiophene rings is 1. The average Bonchev–Trinajstić information content (AvgIpc) is 3.94. The predicted molar refractivity (Wildman–Crippen MR) is 249 cm³/mol. The van der Waals surface area contributed by atoms with Gasteiger partial charge in [-0.1, -0.05) is 141 Å². The van der Waals surface area contributed by atoms with E-state index in [9.17, 15) is 0 Å². The third-order valence-corrected chi connectivity index (χ3v) is 13.3. The van der Waals surface area contributed by atoms with Crippen LogP contribution in [0.1, 0.15) is 25.0 Å². The van der Waals surface area contributed by atoms with Crippen molar-refractivity contribution in [3.05, 3.63) is 193 Å². The molecule has 0 amide bonds. The number of rotatable bonds is 6. The van der Waals surface area contributed by atoms with Crippen LogP contribution in [-0.4, -0.2) is 15.0 Å². The Kier molecular flexibility index (Phi) is 7.68. The van der Waals surface area contributed by atoms with E-state index in [0.29, 0.717) is 17.6 Å². The molecule has 0 radical (unpaired) electrons. The minimum absolute atomic E-state index is 0.192. The summed E-state index contributed by atoms with van der Waals surface area (Å²) in [5.74, 6) is 1.72. The van der Waals surface area contributed by atoms with Crippen molar-refractivity contribution < 1.29 is 4.42 Å². The van der Waals surface area contributed by atoms with Crippen LogP contribution < -0.4 is 4.90 Å². The molecule has 12 rings (SSSR count). The highest BCUT2D eigenvalue weighted by atomic mass is 32.1. The number of benzene rings is 8. The lowest BCUT2D eigenvalue weighted by Crippen LogP contribution is -2.18. The van der Waals surface area contributed by atoms with Crippen molar-refractivity contribution in [3.8, 4) is 45.0 Å². The summed E-state index contributed by atoms with van der Waals surface area (Å²) in [7, 11) is 0. The number of hydrogen-bond acceptors (Lipinski definition) is 6. The molecule has 0 saturated heterocycles. The number of fused-ring (bicyclic) bond motifs is 9. The lowest BCUT2D eigenvalue weighted by Gasteiger charge is -2.27. The molecule has 0 atom stereocenters. The van der Waals surface area contributed by atoms with Gasteiger partial charge in [-0.2, -0.15) is 9.97 Å². The molecule has 5 nitrogen and oxygen atoms in total. The van der Waals surface area contributed by atoms with Gasteiger partial charge in [-0.05, 0) is 82.4 Å². The lowest BCUT2D eigenvalue weighted by molar-refractivity contribution is 0.660. The third kappa shape index (κ3) is 5.41. The van der Waals surface area contributed by atoms with Crippen molar-refractivity contribution in [2.75, 3.05) is 4.90 Å². The van der Waals surface area contributed by atoms with Gasteiger partial charge < -0.3 is 4.42 Å². The van der Waals surface area contributed by atoms with Crippen molar-refractivity contribution in [1.29, 1.82) is 0 Å². The molecule has 8 aromatic carbocycles. The quantitative estimate of drug-likeness (QED) is 0.168. The number of anilines is 3. The van der Waals surface area contributed by atoms with E-state index in [1.165, 1.54) is 42.4 Å². The second kappa shape index (κ2) is 13.3. The Hall–Kier alpha value is -7.41. The summed E-state index contributed by atoms with van der Waals surface area (Å²) >= 11 is 1.79. The zero-order valence-electron chi connectivity index (χ0n) is 32.9. The highest BCUT2D eigenvalue weighted by molar-refractivity contribution is 7.25. The summed E-state index contributed by atoms with van der Waals surface area (Å²) in [6, 6.07) is 64.3. The van der Waals surface area contributed by atoms with Crippen molar-refractivity contribution in [2.24, 2.45) is 0 Å². The fourth-order valence-electron chi connectivity index (χ4n) is 9.17. The van der Waals surface area contributed by atoms with Gasteiger partial charge in [0, 0.05) is 58.7 Å². The van der Waals surface area contributed by atoms with Crippen molar-refractivity contribution in [1.82, 2.24) is 15.0 Å². The van der Waals surface area contributed by atoms with Gasteiger partial charge in [0.1, 0.15) is 11.2 Å². The van der Waals surface area contributed by atoms with Crippen molar-refractivity contribution in [3.63, 3.8) is 0 Å². The summed E-state index contributed by atoms with van der Waals surface area (Å²) in [4.78, 5) is 18.4. The Bertz CT molecular complexity index is 3480. The molecule has 0 spiro atoms. The van der Waals surface area contributed by atoms with Gasteiger partial charge in [-0.3, -0.25) is 4.90 Å². The van der Waals surface area contributed by atoms with Gasteiger partial charge in [0.15, 0.2) is 11.6 Å². The van der Waals surface area contributed by atoms with Crippen LogP contribution in [0.15, 0.2) is 186 Å². The van der Waals surface area contributed by atoms with Crippen LogP contribution in [0.25, 0.3) is 87.1 Å². The maximum Gasteiger partial charge on any atom is 0.238 e. The van der Waals surface area contributed by atoms with Crippen molar-refractivity contribution in [2.45, 2.75) is 19.3 Å². The molecule has 3 aromatic heterocycles. The zero-order valence-corrected chi connectivity index (χ0v) is 33.7. The molecule has 0 N–H and O–H groups in total. The minimum atomic E-state index is -0.192. The van der Waals surface area contributed by atoms with Crippen LogP contribution in [0.4, 0.5) is 17.3 Å². The molecular formula is C54H36N4OS. The van der Waals surface area contributed by atoms with Gasteiger partial charge >= 0.3 is 0 Å². The molecule has 3 heterocycles. The SMILES string of the molecule is CC1(C)c2ccccc2-c2c(N(c3ccc(-c4ccccc4)cc3)c3nc(-c4ccc5c(c4)sc4ccccc45)nc(-c4ccc5oc6ccccc6c5c4)n3)cccc21. The zero-order chi connectivity index (χ0) is 40.0. The first-order valence-corrected chi connectivity index (χ1v) is 21.1. The van der Waals surface area contributed by atoms with E-state index < -0.39 is 0 Å². The van der Waals surface area contributed by atoms with E-state index in [2.05, 4.69) is 176 Å². The Labute approximate surface area is 350 Å². The first kappa shape index (κ1) is 34.6. The van der Waals surface area contributed by atoms with Crippen LogP contribution >= 0.6 is 11.3 Å². The molecule has 1 aliphatic rings. The van der Waals surface area contributed by atoms with E-state index in [4.69, 9.17) is 19.4 Å². The first-order valence-electron chi connectivity index (χ1n) is 20.3. The summed E-state index contributed by atoms with van der Waals surface area (Å²) < 4.78 is 8.70. The molecule has 11 aromatic rings. The molecule has 1 aliphatic carbocycles. The first-order chi connectivity index (χ1) is 29.5. The molecule has 60 heavy (non-hydrogen) atoms. The van der Waals surface area contributed by atoms with E-state index >= 15 is 0 Å². The number of hydrogen-bond donors (Lipinski definition) is 0. The van der Waals surface area contributed by atoms with Crippen LogP contribution in [0.3, 0.4) is 0 Å². The van der Waals surface area contributed by atoms with Crippen molar-refractivity contribution >= 4 is 70.8 Å². The molecule has 0 bridgehead atoms. The Morgan fingerprint density at radius 3 is 1.95 bits per heavy atom. The van der Waals surface area contributed by atoms with Crippen LogP contribution in [0.2, 0.25) is 0 Å². The van der Waals surface area contributed by atoms with E-state index in [1.807, 2.05) is 24.3 Å². The van der Waals surface area contributed by atoms with Gasteiger partial charge in [-0.15, -0.1) is 11.3 Å². The van der Waals surface area contributed by atoms with Crippen LogP contribution in [0, 0.1) is 0 Å². The summed E-state index contributed by atoms with van der Waals surface area (Å²) in [5.41, 5.74) is 12.5. The third-order valence-electron chi connectivity index (χ3n) is 12.2. The maximum absolute atomic E-state index is 6.25. The number of furan rings is 1. The molecule has 0 aliphatic heterocycles. The summed E-state index contributed by atoms with van der Waals surface area (Å²) in [5, 5.41) is 4.56. The fourth-order valence-corrected chi connectivity index (χ4v) is 10.3. The lowest BCUT2D eigenvalue weighted by atomic mass is 9.82. The minimum Gasteiger partial charge on any atom is -0.456 e. The Morgan fingerprint density at radius 1 is 0.467 bits per heavy atom. The van der Waals surface area contributed by atoms with Gasteiger partial charge in [0.05, 0.1) is 5.69 Å². The average molecular weight is 789 g/mol. The second-order valence-corrected chi connectivity index (χ2v) is 17.1. The number of aromatic nitrogens is 3. The van der Waals surface area contributed by atoms with E-state index in [-0.39, 0.29) is 5.41 Å². The summed E-state index contributed by atoms with van der Waals surface area (Å²) in [6.07, 6.45) is 0. The number of para-hydroxylation sites is 1. The maximum atomic E-state index is 6.25. The molecule has 0 saturated carbocycles. The molecule has 0 fully saturated rings. The fraction of sp³-hybridized carbons (Fsp3) is 0.0556. The van der Waals surface area contributed by atoms with Crippen LogP contribution in [-0.2, 0) is 5.41 Å². The largest absolute Gasteiger partial charge is 0.456 e. The highest BCUT2D eigenvalue weighted by Gasteiger charge is 2.38. The normalized spacial score (nSPS) is 13.0. The predicted octanol–water partition coefficient (Wildman–Crippen LogP) is 14.9. The highest BCUT2D eigenvalue weighted by Crippen LogP contribution is 2.54. The summed E-state index contributed by atoms with van der Waals surface area (Å²) in [6.45, 7) is 4.64. The standard InChI is InChI=1S/C54H36N4OS/c1-54(2)43-18-9-6-17-41(43)50-44(54)19-12-20-45(50)58(37-27-23-34(24-28-37)33-13-4-3-5-14-33)53-56-51(35-26-30-47-42(31-35)38-15-7-10-21-46(38)59-47)55-52(57-53)36-25-29-40-39-16-8-11-22-48(39)60-49(40)32-36/h3-32H,1-2H3. The van der Waals surface area contributed by atoms with E-state index in [1.54, 1.807) is 11.3 Å². The van der Waals surface area contributed by atoms with Gasteiger partial charge in [0.2, 0.25) is 5.95 Å². The second-order valence-electron chi connectivity index (χ2n) is 16.0. The number of nitrogens with zero attached hydrogens (tertiary/aromatic N) is 4. The van der Waals surface area contributed by atoms with E-state index in [0.717, 1.165) is 55.6 Å². The molecule has 0 unspecified atom stereocenters. The Balaban J connectivity index is 1.12. The molecule has 284 valence electrons. The smallest absolute Gasteiger partial charge is 0.238 e. The topological polar surface area (TPSA) is 55.1 Å². The van der Waals surface area contributed by atoms with Gasteiger partial charge in [0.25, 0.3) is 0 Å². The molecule has 6 heteroatoms.